The van der Waals surface area contributed by atoms with Gasteiger partial charge in [0.05, 0.1) is 0 Å². The first-order chi connectivity index (χ1) is 9.74. The average molecular weight is 280 g/mol. The molecule has 2 fully saturated rings. The molecule has 0 bridgehead atoms. The van der Waals surface area contributed by atoms with Crippen LogP contribution in [0, 0.1) is 11.3 Å². The van der Waals surface area contributed by atoms with Crippen LogP contribution >= 0.6 is 0 Å². The zero-order chi connectivity index (χ0) is 14.3. The van der Waals surface area contributed by atoms with Gasteiger partial charge in [0, 0.05) is 19.6 Å². The van der Waals surface area contributed by atoms with E-state index in [9.17, 15) is 0 Å². The van der Waals surface area contributed by atoms with E-state index in [1.807, 2.05) is 0 Å². The van der Waals surface area contributed by atoms with E-state index in [1.165, 1.54) is 90.4 Å². The van der Waals surface area contributed by atoms with Crippen molar-refractivity contribution in [2.45, 2.75) is 71.1 Å². The molecule has 0 atom stereocenters. The molecule has 0 spiro atoms. The number of hydrogen-bond donors (Lipinski definition) is 1. The van der Waals surface area contributed by atoms with Crippen molar-refractivity contribution in [3.8, 4) is 0 Å². The van der Waals surface area contributed by atoms with Gasteiger partial charge < -0.3 is 10.2 Å². The number of rotatable bonds is 8. The van der Waals surface area contributed by atoms with Crippen molar-refractivity contribution in [2.75, 3.05) is 33.2 Å². The standard InChI is InChI=1S/C18H36N2/c1-3-13-19-15-18(11-6-4-5-7-12-18)16-20(2)14-17-9-8-10-17/h17,19H,3-16H2,1-2H3. The van der Waals surface area contributed by atoms with Crippen LogP contribution in [0.5, 0.6) is 0 Å². The van der Waals surface area contributed by atoms with Gasteiger partial charge in [0.15, 0.2) is 0 Å². The predicted octanol–water partition coefficient (Wildman–Crippen LogP) is 4.06. The van der Waals surface area contributed by atoms with Gasteiger partial charge in [0.2, 0.25) is 0 Å². The van der Waals surface area contributed by atoms with E-state index < -0.39 is 0 Å². The van der Waals surface area contributed by atoms with Gasteiger partial charge in [-0.15, -0.1) is 0 Å². The largest absolute Gasteiger partial charge is 0.316 e. The van der Waals surface area contributed by atoms with Gasteiger partial charge in [0.1, 0.15) is 0 Å². The zero-order valence-corrected chi connectivity index (χ0v) is 13.9. The lowest BCUT2D eigenvalue weighted by Crippen LogP contribution is -2.44. The van der Waals surface area contributed by atoms with Crippen LogP contribution < -0.4 is 5.32 Å². The first-order valence-electron chi connectivity index (χ1n) is 9.13. The summed E-state index contributed by atoms with van der Waals surface area (Å²) in [6, 6.07) is 0. The van der Waals surface area contributed by atoms with E-state index in [-0.39, 0.29) is 0 Å². The third-order valence-electron chi connectivity index (χ3n) is 5.49. The monoisotopic (exact) mass is 280 g/mol. The van der Waals surface area contributed by atoms with Gasteiger partial charge in [-0.05, 0) is 57.0 Å². The highest BCUT2D eigenvalue weighted by Crippen LogP contribution is 2.36. The molecule has 2 aliphatic rings. The Morgan fingerprint density at radius 2 is 1.75 bits per heavy atom. The number of hydrogen-bond acceptors (Lipinski definition) is 2. The second kappa shape index (κ2) is 8.38. The molecule has 20 heavy (non-hydrogen) atoms. The summed E-state index contributed by atoms with van der Waals surface area (Å²) < 4.78 is 0. The topological polar surface area (TPSA) is 15.3 Å². The molecule has 2 heteroatoms. The lowest BCUT2D eigenvalue weighted by Gasteiger charge is -2.39. The molecule has 0 radical (unpaired) electrons. The Bertz CT molecular complexity index is 252. The van der Waals surface area contributed by atoms with Crippen LogP contribution in [-0.4, -0.2) is 38.1 Å². The van der Waals surface area contributed by atoms with E-state index in [4.69, 9.17) is 0 Å². The smallest absolute Gasteiger partial charge is 0.00472 e. The van der Waals surface area contributed by atoms with E-state index >= 15 is 0 Å². The predicted molar refractivity (Wildman–Crippen MR) is 88.1 cm³/mol. The third-order valence-corrected chi connectivity index (χ3v) is 5.49. The minimum atomic E-state index is 0.560. The van der Waals surface area contributed by atoms with Crippen LogP contribution in [0.15, 0.2) is 0 Å². The van der Waals surface area contributed by atoms with E-state index in [1.54, 1.807) is 0 Å². The van der Waals surface area contributed by atoms with Crippen LogP contribution in [-0.2, 0) is 0 Å². The van der Waals surface area contributed by atoms with Crippen molar-refractivity contribution >= 4 is 0 Å². The molecule has 0 heterocycles. The molecule has 0 saturated heterocycles. The number of nitrogens with zero attached hydrogens (tertiary/aromatic N) is 1. The van der Waals surface area contributed by atoms with Gasteiger partial charge in [-0.3, -0.25) is 0 Å². The highest BCUT2D eigenvalue weighted by Gasteiger charge is 2.32. The fraction of sp³-hybridized carbons (Fsp3) is 1.00. The second-order valence-corrected chi connectivity index (χ2v) is 7.58. The average Bonchev–Trinajstić information content (AvgIpc) is 2.60. The normalized spacial score (nSPS) is 23.6. The molecule has 118 valence electrons. The summed E-state index contributed by atoms with van der Waals surface area (Å²) in [6.07, 6.45) is 14.4. The molecular weight excluding hydrogens is 244 g/mol. The van der Waals surface area contributed by atoms with Crippen molar-refractivity contribution in [3.63, 3.8) is 0 Å². The molecule has 0 aliphatic heterocycles. The van der Waals surface area contributed by atoms with E-state index in [2.05, 4.69) is 24.2 Å². The van der Waals surface area contributed by atoms with Gasteiger partial charge in [-0.25, -0.2) is 0 Å². The van der Waals surface area contributed by atoms with Gasteiger partial charge >= 0.3 is 0 Å². The Hall–Kier alpha value is -0.0800. The fourth-order valence-electron chi connectivity index (χ4n) is 4.15. The zero-order valence-electron chi connectivity index (χ0n) is 13.9. The molecule has 0 amide bonds. The second-order valence-electron chi connectivity index (χ2n) is 7.58. The summed E-state index contributed by atoms with van der Waals surface area (Å²) in [5.41, 5.74) is 0.560. The maximum atomic E-state index is 3.73. The first-order valence-corrected chi connectivity index (χ1v) is 9.13. The minimum absolute atomic E-state index is 0.560. The van der Waals surface area contributed by atoms with E-state index in [0.717, 1.165) is 5.92 Å². The van der Waals surface area contributed by atoms with Crippen molar-refractivity contribution in [1.29, 1.82) is 0 Å². The Morgan fingerprint density at radius 3 is 2.30 bits per heavy atom. The summed E-state index contributed by atoms with van der Waals surface area (Å²) >= 11 is 0. The summed E-state index contributed by atoms with van der Waals surface area (Å²) in [5, 5.41) is 3.73. The molecule has 2 rings (SSSR count). The first kappa shape index (κ1) is 16.3. The third kappa shape index (κ3) is 5.04. The molecule has 0 aromatic carbocycles. The van der Waals surface area contributed by atoms with Gasteiger partial charge in [-0.2, -0.15) is 0 Å². The molecule has 0 unspecified atom stereocenters. The fourth-order valence-corrected chi connectivity index (χ4v) is 4.15. The Kier molecular flexibility index (Phi) is 6.83. The molecule has 1 N–H and O–H groups in total. The Balaban J connectivity index is 1.85. The van der Waals surface area contributed by atoms with Crippen LogP contribution in [0.1, 0.15) is 71.1 Å². The molecule has 0 aromatic heterocycles. The number of nitrogens with one attached hydrogen (secondary N) is 1. The minimum Gasteiger partial charge on any atom is -0.316 e. The van der Waals surface area contributed by atoms with Gasteiger partial charge in [0.25, 0.3) is 0 Å². The lowest BCUT2D eigenvalue weighted by atomic mass is 9.78. The highest BCUT2D eigenvalue weighted by atomic mass is 15.1. The van der Waals surface area contributed by atoms with Crippen molar-refractivity contribution in [3.05, 3.63) is 0 Å². The van der Waals surface area contributed by atoms with Crippen LogP contribution in [0.2, 0.25) is 0 Å². The maximum Gasteiger partial charge on any atom is 0.00472 e. The quantitative estimate of drug-likeness (QED) is 0.533. The molecule has 2 saturated carbocycles. The highest BCUT2D eigenvalue weighted by molar-refractivity contribution is 4.87. The summed E-state index contributed by atoms with van der Waals surface area (Å²) in [4.78, 5) is 2.66. The van der Waals surface area contributed by atoms with Crippen LogP contribution in [0.25, 0.3) is 0 Å². The van der Waals surface area contributed by atoms with Crippen LogP contribution in [0.3, 0.4) is 0 Å². The molecule has 2 aliphatic carbocycles. The van der Waals surface area contributed by atoms with Gasteiger partial charge in [-0.1, -0.05) is 39.0 Å². The van der Waals surface area contributed by atoms with E-state index in [0.29, 0.717) is 5.41 Å². The van der Waals surface area contributed by atoms with Crippen molar-refractivity contribution in [1.82, 2.24) is 10.2 Å². The Morgan fingerprint density at radius 1 is 1.05 bits per heavy atom. The molecule has 2 nitrogen and oxygen atoms in total. The molecule has 0 aromatic rings. The summed E-state index contributed by atoms with van der Waals surface area (Å²) in [5.74, 6) is 1.01. The molecular formula is C18H36N2. The lowest BCUT2D eigenvalue weighted by molar-refractivity contribution is 0.116. The van der Waals surface area contributed by atoms with Crippen LogP contribution in [0.4, 0.5) is 0 Å². The summed E-state index contributed by atoms with van der Waals surface area (Å²) in [6.45, 7) is 7.37. The van der Waals surface area contributed by atoms with Crippen molar-refractivity contribution in [2.24, 2.45) is 11.3 Å². The Labute approximate surface area is 126 Å². The maximum absolute atomic E-state index is 3.73. The SMILES string of the molecule is CCCNCC1(CN(C)CC2CCC2)CCCCCC1. The summed E-state index contributed by atoms with van der Waals surface area (Å²) in [7, 11) is 2.37. The van der Waals surface area contributed by atoms with Crippen molar-refractivity contribution < 1.29 is 0 Å².